The van der Waals surface area contributed by atoms with Gasteiger partial charge in [0.1, 0.15) is 5.84 Å². The van der Waals surface area contributed by atoms with Crippen molar-refractivity contribution >= 4 is 11.5 Å². The maximum Gasteiger partial charge on any atom is 0.120 e. The lowest BCUT2D eigenvalue weighted by Crippen LogP contribution is -2.45. The van der Waals surface area contributed by atoms with Crippen LogP contribution in [-0.2, 0) is 0 Å². The Balaban J connectivity index is 0.000000472. The van der Waals surface area contributed by atoms with Crippen molar-refractivity contribution in [1.82, 2.24) is 4.90 Å². The van der Waals surface area contributed by atoms with Gasteiger partial charge in [0.05, 0.1) is 6.10 Å². The fourth-order valence-corrected chi connectivity index (χ4v) is 2.41. The summed E-state index contributed by atoms with van der Waals surface area (Å²) in [4.78, 5) is 10.5. The molecule has 0 amide bonds. The summed E-state index contributed by atoms with van der Waals surface area (Å²) in [5.74, 6) is 0.812. The lowest BCUT2D eigenvalue weighted by molar-refractivity contribution is 0.0647. The van der Waals surface area contributed by atoms with Crippen LogP contribution in [0, 0.1) is 0 Å². The number of aliphatic imine (C=N–C) groups is 2. The molecule has 144 valence electrons. The lowest BCUT2D eigenvalue weighted by atomic mass is 9.89. The van der Waals surface area contributed by atoms with Crippen LogP contribution >= 0.6 is 0 Å². The van der Waals surface area contributed by atoms with Crippen LogP contribution in [0.4, 0.5) is 0 Å². The molecule has 1 saturated carbocycles. The van der Waals surface area contributed by atoms with E-state index >= 15 is 0 Å². The first kappa shape index (κ1) is 23.7. The van der Waals surface area contributed by atoms with E-state index in [2.05, 4.69) is 47.8 Å². The van der Waals surface area contributed by atoms with E-state index in [1.54, 1.807) is 7.05 Å². The zero-order chi connectivity index (χ0) is 19.6. The normalized spacial score (nSPS) is 25.4. The average molecular weight is 351 g/mol. The van der Waals surface area contributed by atoms with Gasteiger partial charge in [0.25, 0.3) is 0 Å². The van der Waals surface area contributed by atoms with Crippen molar-refractivity contribution in [3.8, 4) is 0 Å². The van der Waals surface area contributed by atoms with Gasteiger partial charge in [-0.3, -0.25) is 4.99 Å². The number of aliphatic hydroxyl groups excluding tert-OH is 1. The second-order valence-corrected chi connectivity index (χ2v) is 7.22. The first-order valence-corrected chi connectivity index (χ1v) is 8.99. The number of amidine groups is 1. The van der Waals surface area contributed by atoms with E-state index < -0.39 is 0 Å². The number of hydrogen-bond donors (Lipinski definition) is 2. The number of nitrogens with zero attached hydrogens (tertiary/aromatic N) is 3. The molecule has 0 aromatic heterocycles. The highest BCUT2D eigenvalue weighted by Crippen LogP contribution is 2.20. The molecule has 3 atom stereocenters. The van der Waals surface area contributed by atoms with Gasteiger partial charge in [-0.25, -0.2) is 4.99 Å². The number of hydrogen-bond acceptors (Lipinski definition) is 4. The predicted molar refractivity (Wildman–Crippen MR) is 111 cm³/mol. The van der Waals surface area contributed by atoms with E-state index in [0.29, 0.717) is 6.04 Å². The summed E-state index contributed by atoms with van der Waals surface area (Å²) in [5, 5.41) is 9.45. The summed E-state index contributed by atoms with van der Waals surface area (Å²) in [6.07, 6.45) is 6.77. The molecule has 0 radical (unpaired) electrons. The predicted octanol–water partition coefficient (Wildman–Crippen LogP) is 3.20. The molecule has 3 unspecified atom stereocenters. The lowest BCUT2D eigenvalue weighted by Gasteiger charge is -2.34. The van der Waals surface area contributed by atoms with E-state index in [9.17, 15) is 5.11 Å². The Morgan fingerprint density at radius 1 is 1.08 bits per heavy atom. The highest BCUT2D eigenvalue weighted by molar-refractivity contribution is 6.05. The molecule has 0 aliphatic heterocycles. The van der Waals surface area contributed by atoms with Crippen molar-refractivity contribution in [3.05, 3.63) is 23.3 Å². The molecular weight excluding hydrogens is 312 g/mol. The Labute approximate surface area is 154 Å². The fourth-order valence-electron chi connectivity index (χ4n) is 2.41. The molecule has 0 bridgehead atoms. The second-order valence-electron chi connectivity index (χ2n) is 7.22. The molecule has 0 saturated heterocycles. The average Bonchev–Trinajstić information content (AvgIpc) is 2.55. The fraction of sp³-hybridized carbons (Fsp3) is 0.700. The summed E-state index contributed by atoms with van der Waals surface area (Å²) in [5.41, 5.74) is 9.16. The van der Waals surface area contributed by atoms with Crippen LogP contribution in [0.25, 0.3) is 0 Å². The summed E-state index contributed by atoms with van der Waals surface area (Å²) < 4.78 is 0. The third kappa shape index (κ3) is 10.3. The van der Waals surface area contributed by atoms with Crippen LogP contribution in [0.1, 0.15) is 53.9 Å². The van der Waals surface area contributed by atoms with Gasteiger partial charge in [0.2, 0.25) is 0 Å². The van der Waals surface area contributed by atoms with E-state index in [-0.39, 0.29) is 12.1 Å². The van der Waals surface area contributed by atoms with E-state index in [4.69, 9.17) is 5.73 Å². The van der Waals surface area contributed by atoms with Crippen LogP contribution in [0.2, 0.25) is 0 Å². The third-order valence-corrected chi connectivity index (χ3v) is 4.46. The van der Waals surface area contributed by atoms with Crippen molar-refractivity contribution in [2.24, 2.45) is 15.7 Å². The molecule has 3 N–H and O–H groups in total. The van der Waals surface area contributed by atoms with Gasteiger partial charge in [0.15, 0.2) is 0 Å². The highest BCUT2D eigenvalue weighted by Gasteiger charge is 2.27. The van der Waals surface area contributed by atoms with Crippen molar-refractivity contribution in [2.45, 2.75) is 72.1 Å². The van der Waals surface area contributed by atoms with Gasteiger partial charge in [-0.2, -0.15) is 0 Å². The molecule has 25 heavy (non-hydrogen) atoms. The minimum absolute atomic E-state index is 0.00574. The number of rotatable bonds is 3. The third-order valence-electron chi connectivity index (χ3n) is 4.46. The minimum Gasteiger partial charge on any atom is -0.391 e. The quantitative estimate of drug-likeness (QED) is 0.466. The van der Waals surface area contributed by atoms with Crippen LogP contribution in [0.5, 0.6) is 0 Å². The van der Waals surface area contributed by atoms with Gasteiger partial charge >= 0.3 is 0 Å². The van der Waals surface area contributed by atoms with Crippen LogP contribution < -0.4 is 5.73 Å². The second kappa shape index (κ2) is 12.1. The molecule has 1 aliphatic rings. The summed E-state index contributed by atoms with van der Waals surface area (Å²) >= 11 is 0. The van der Waals surface area contributed by atoms with E-state index in [1.807, 2.05) is 27.9 Å². The number of allylic oxidation sites excluding steroid dienone is 4. The molecule has 5 nitrogen and oxygen atoms in total. The monoisotopic (exact) mass is 350 g/mol. The molecular formula is C20H38N4O. The molecule has 0 heterocycles. The van der Waals surface area contributed by atoms with Crippen LogP contribution in [0.15, 0.2) is 33.3 Å². The molecule has 0 aromatic carbocycles. The Kier molecular flexibility index (Phi) is 11.5. The van der Waals surface area contributed by atoms with E-state index in [1.165, 1.54) is 11.1 Å². The maximum atomic E-state index is 9.45. The first-order chi connectivity index (χ1) is 11.6. The number of nitrogens with two attached hydrogens (primary N) is 1. The zero-order valence-corrected chi connectivity index (χ0v) is 17.4. The Hall–Kier alpha value is -1.30. The van der Waals surface area contributed by atoms with Gasteiger partial charge in [0, 0.05) is 24.8 Å². The van der Waals surface area contributed by atoms with Crippen LogP contribution in [0.3, 0.4) is 0 Å². The molecule has 5 heteroatoms. The van der Waals surface area contributed by atoms with Gasteiger partial charge in [-0.15, -0.1) is 0 Å². The minimum atomic E-state index is -0.295. The SMILES string of the molecule is CN(C)C1CCC(N)C(O)C1.CN=C(C)N=C(C)/C(C)=C/C=C(C)C. The Morgan fingerprint density at radius 3 is 2.12 bits per heavy atom. The largest absolute Gasteiger partial charge is 0.391 e. The molecule has 1 rings (SSSR count). The van der Waals surface area contributed by atoms with Crippen molar-refractivity contribution in [1.29, 1.82) is 0 Å². The molecule has 1 fully saturated rings. The van der Waals surface area contributed by atoms with Gasteiger partial charge < -0.3 is 15.7 Å². The van der Waals surface area contributed by atoms with Crippen LogP contribution in [-0.4, -0.2) is 60.9 Å². The standard InChI is InChI=1S/C12H20N2.C8H18N2O/c1-9(2)7-8-10(3)11(4)14-12(5)13-6;1-10(2)6-3-4-7(9)8(11)5-6/h7-8H,1-6H3;6-8,11H,3-5,9H2,1-2H3/b10-8+,13-12?,14-11?;. The maximum absolute atomic E-state index is 9.45. The Morgan fingerprint density at radius 2 is 1.68 bits per heavy atom. The molecule has 0 spiro atoms. The van der Waals surface area contributed by atoms with Gasteiger partial charge in [-0.1, -0.05) is 17.7 Å². The van der Waals surface area contributed by atoms with Gasteiger partial charge in [-0.05, 0) is 73.5 Å². The van der Waals surface area contributed by atoms with E-state index in [0.717, 1.165) is 30.8 Å². The first-order valence-electron chi connectivity index (χ1n) is 8.99. The van der Waals surface area contributed by atoms with Crippen molar-refractivity contribution in [2.75, 3.05) is 21.1 Å². The highest BCUT2D eigenvalue weighted by atomic mass is 16.3. The smallest absolute Gasteiger partial charge is 0.120 e. The van der Waals surface area contributed by atoms with Crippen molar-refractivity contribution in [3.63, 3.8) is 0 Å². The summed E-state index contributed by atoms with van der Waals surface area (Å²) in [6, 6.07) is 0.524. The Bertz CT molecular complexity index is 514. The number of aliphatic hydroxyl groups is 1. The molecule has 1 aliphatic carbocycles. The summed E-state index contributed by atoms with van der Waals surface area (Å²) in [7, 11) is 5.85. The summed E-state index contributed by atoms with van der Waals surface area (Å²) in [6.45, 7) is 10.1. The van der Waals surface area contributed by atoms with Crippen molar-refractivity contribution < 1.29 is 5.11 Å². The molecule has 0 aromatic rings. The zero-order valence-electron chi connectivity index (χ0n) is 17.4. The topological polar surface area (TPSA) is 74.2 Å².